The van der Waals surface area contributed by atoms with Gasteiger partial charge in [-0.3, -0.25) is 9.48 Å². The van der Waals surface area contributed by atoms with E-state index in [9.17, 15) is 18.0 Å². The molecule has 3 rings (SSSR count). The number of fused-ring (bicyclic) bond motifs is 2. The van der Waals surface area contributed by atoms with Crippen LogP contribution in [0.4, 0.5) is 13.2 Å². The monoisotopic (exact) mass is 350 g/mol. The van der Waals surface area contributed by atoms with E-state index < -0.39 is 22.8 Å². The molecule has 128 valence electrons. The number of piperidine rings is 1. The zero-order valence-electron chi connectivity index (χ0n) is 12.8. The molecule has 1 aromatic rings. The molecule has 2 atom stereocenters. The van der Waals surface area contributed by atoms with Crippen molar-refractivity contribution in [1.82, 2.24) is 20.0 Å². The molecule has 2 saturated heterocycles. The quantitative estimate of drug-likeness (QED) is 0.891. The minimum absolute atomic E-state index is 0.0449. The van der Waals surface area contributed by atoms with Crippen LogP contribution in [0.2, 0.25) is 5.02 Å². The molecular weight excluding hydrogens is 333 g/mol. The molecule has 0 radical (unpaired) electrons. The lowest BCUT2D eigenvalue weighted by atomic mass is 9.98. The topological polar surface area (TPSA) is 50.2 Å². The SMILES string of the molecule is CN1C2CCC1CC(NC(=O)c1c(Cl)c(C(F)(F)F)nn1C)C2. The predicted octanol–water partition coefficient (Wildman–Crippen LogP) is 2.45. The molecule has 0 saturated carbocycles. The fourth-order valence-corrected chi connectivity index (χ4v) is 4.06. The molecule has 9 heteroatoms. The first-order valence-corrected chi connectivity index (χ1v) is 7.88. The fraction of sp³-hybridized carbons (Fsp3) is 0.714. The van der Waals surface area contributed by atoms with E-state index in [0.29, 0.717) is 12.1 Å². The van der Waals surface area contributed by atoms with Gasteiger partial charge in [-0.25, -0.2) is 0 Å². The lowest BCUT2D eigenvalue weighted by Crippen LogP contribution is -2.49. The lowest BCUT2D eigenvalue weighted by Gasteiger charge is -2.36. The summed E-state index contributed by atoms with van der Waals surface area (Å²) in [5, 5.41) is 5.52. The molecule has 3 heterocycles. The highest BCUT2D eigenvalue weighted by atomic mass is 35.5. The van der Waals surface area contributed by atoms with Crippen molar-refractivity contribution >= 4 is 17.5 Å². The zero-order chi connectivity index (χ0) is 16.9. The molecule has 0 spiro atoms. The summed E-state index contributed by atoms with van der Waals surface area (Å²) in [5.74, 6) is -0.602. The van der Waals surface area contributed by atoms with Crippen molar-refractivity contribution in [3.8, 4) is 0 Å². The van der Waals surface area contributed by atoms with Gasteiger partial charge in [0.1, 0.15) is 10.7 Å². The maximum Gasteiger partial charge on any atom is 0.436 e. The van der Waals surface area contributed by atoms with Gasteiger partial charge in [0.15, 0.2) is 5.69 Å². The average Bonchev–Trinajstić information content (AvgIpc) is 2.82. The Bertz CT molecular complexity index is 616. The van der Waals surface area contributed by atoms with Crippen LogP contribution in [0.15, 0.2) is 0 Å². The molecule has 2 bridgehead atoms. The van der Waals surface area contributed by atoms with E-state index in [-0.39, 0.29) is 11.7 Å². The molecule has 1 aromatic heterocycles. The Labute approximate surface area is 136 Å². The van der Waals surface area contributed by atoms with Gasteiger partial charge in [0, 0.05) is 25.2 Å². The van der Waals surface area contributed by atoms with Gasteiger partial charge in [-0.15, -0.1) is 0 Å². The molecule has 2 aliphatic rings. The minimum Gasteiger partial charge on any atom is -0.348 e. The van der Waals surface area contributed by atoms with Gasteiger partial charge in [-0.2, -0.15) is 18.3 Å². The summed E-state index contributed by atoms with van der Waals surface area (Å²) < 4.78 is 39.4. The van der Waals surface area contributed by atoms with Crippen LogP contribution in [0.5, 0.6) is 0 Å². The first-order valence-electron chi connectivity index (χ1n) is 7.51. The Kier molecular flexibility index (Phi) is 4.08. The van der Waals surface area contributed by atoms with Crippen LogP contribution in [0.25, 0.3) is 0 Å². The van der Waals surface area contributed by atoms with Crippen molar-refractivity contribution < 1.29 is 18.0 Å². The molecule has 0 aliphatic carbocycles. The number of rotatable bonds is 2. The zero-order valence-corrected chi connectivity index (χ0v) is 13.6. The van der Waals surface area contributed by atoms with Crippen LogP contribution >= 0.6 is 11.6 Å². The van der Waals surface area contributed by atoms with Crippen LogP contribution < -0.4 is 5.32 Å². The number of aryl methyl sites for hydroxylation is 1. The first-order chi connectivity index (χ1) is 10.7. The smallest absolute Gasteiger partial charge is 0.348 e. The molecule has 5 nitrogen and oxygen atoms in total. The lowest BCUT2D eigenvalue weighted by molar-refractivity contribution is -0.141. The van der Waals surface area contributed by atoms with E-state index >= 15 is 0 Å². The van der Waals surface area contributed by atoms with Crippen molar-refractivity contribution in [2.45, 2.75) is 50.0 Å². The van der Waals surface area contributed by atoms with Gasteiger partial charge in [-0.05, 0) is 32.7 Å². The number of hydrogen-bond donors (Lipinski definition) is 1. The van der Waals surface area contributed by atoms with Crippen molar-refractivity contribution in [3.05, 3.63) is 16.4 Å². The average molecular weight is 351 g/mol. The van der Waals surface area contributed by atoms with Crippen LogP contribution in [0.1, 0.15) is 41.9 Å². The van der Waals surface area contributed by atoms with Crippen LogP contribution in [0, 0.1) is 0 Å². The van der Waals surface area contributed by atoms with E-state index in [1.165, 1.54) is 7.05 Å². The standard InChI is InChI=1S/C14H18ClF3N4O/c1-21-8-3-4-9(21)6-7(5-8)19-13(23)11-10(15)12(14(16,17)18)20-22(11)2/h7-9H,3-6H2,1-2H3,(H,19,23). The third-order valence-electron chi connectivity index (χ3n) is 4.91. The van der Waals surface area contributed by atoms with Crippen LogP contribution in [-0.2, 0) is 13.2 Å². The predicted molar refractivity (Wildman–Crippen MR) is 78.3 cm³/mol. The molecular formula is C14H18ClF3N4O. The minimum atomic E-state index is -4.68. The van der Waals surface area contributed by atoms with Gasteiger partial charge >= 0.3 is 6.18 Å². The molecule has 0 aromatic carbocycles. The molecule has 1 N–H and O–H groups in total. The highest BCUT2D eigenvalue weighted by Crippen LogP contribution is 2.36. The number of nitrogens with one attached hydrogen (secondary N) is 1. The molecule has 2 aliphatic heterocycles. The van der Waals surface area contributed by atoms with Gasteiger partial charge in [0.05, 0.1) is 0 Å². The summed E-state index contributed by atoms with van der Waals surface area (Å²) in [6.45, 7) is 0. The number of carbonyl (C=O) groups is 1. The number of amides is 1. The summed E-state index contributed by atoms with van der Waals surface area (Å²) in [4.78, 5) is 14.7. The van der Waals surface area contributed by atoms with Crippen molar-refractivity contribution in [1.29, 1.82) is 0 Å². The largest absolute Gasteiger partial charge is 0.436 e. The highest BCUT2D eigenvalue weighted by Gasteiger charge is 2.41. The highest BCUT2D eigenvalue weighted by molar-refractivity contribution is 6.34. The Hall–Kier alpha value is -1.28. The molecule has 23 heavy (non-hydrogen) atoms. The van der Waals surface area contributed by atoms with E-state index in [1.54, 1.807) is 0 Å². The number of halogens is 4. The molecule has 2 fully saturated rings. The second kappa shape index (κ2) is 5.66. The maximum absolute atomic E-state index is 12.8. The van der Waals surface area contributed by atoms with Crippen LogP contribution in [-0.4, -0.2) is 45.8 Å². The summed E-state index contributed by atoms with van der Waals surface area (Å²) in [6, 6.07) is 0.801. The fourth-order valence-electron chi connectivity index (χ4n) is 3.71. The second-order valence-corrected chi connectivity index (χ2v) is 6.70. The summed E-state index contributed by atoms with van der Waals surface area (Å²) in [5.41, 5.74) is -1.47. The van der Waals surface area contributed by atoms with Crippen molar-refractivity contribution in [3.63, 3.8) is 0 Å². The Morgan fingerprint density at radius 3 is 2.30 bits per heavy atom. The molecule has 1 amide bonds. The van der Waals surface area contributed by atoms with Gasteiger partial charge in [0.25, 0.3) is 5.91 Å². The van der Waals surface area contributed by atoms with Gasteiger partial charge in [0.2, 0.25) is 0 Å². The Morgan fingerprint density at radius 1 is 1.26 bits per heavy atom. The van der Waals surface area contributed by atoms with E-state index in [0.717, 1.165) is 30.4 Å². The third kappa shape index (κ3) is 2.94. The van der Waals surface area contributed by atoms with Gasteiger partial charge < -0.3 is 10.2 Å². The van der Waals surface area contributed by atoms with Crippen LogP contribution in [0.3, 0.4) is 0 Å². The van der Waals surface area contributed by atoms with E-state index in [4.69, 9.17) is 11.6 Å². The first kappa shape index (κ1) is 16.6. The summed E-state index contributed by atoms with van der Waals surface area (Å²) >= 11 is 5.75. The number of nitrogens with zero attached hydrogens (tertiary/aromatic N) is 3. The van der Waals surface area contributed by atoms with Crippen molar-refractivity contribution in [2.75, 3.05) is 7.05 Å². The number of alkyl halides is 3. The van der Waals surface area contributed by atoms with Gasteiger partial charge in [-0.1, -0.05) is 11.6 Å². The molecule has 2 unspecified atom stereocenters. The Balaban J connectivity index is 1.76. The Morgan fingerprint density at radius 2 is 1.83 bits per heavy atom. The summed E-state index contributed by atoms with van der Waals surface area (Å²) in [6.07, 6.45) is -0.878. The normalized spacial score (nSPS) is 28.2. The van der Waals surface area contributed by atoms with Crippen molar-refractivity contribution in [2.24, 2.45) is 7.05 Å². The van der Waals surface area contributed by atoms with E-state index in [2.05, 4.69) is 22.4 Å². The van der Waals surface area contributed by atoms with E-state index in [1.807, 2.05) is 0 Å². The summed E-state index contributed by atoms with van der Waals surface area (Å²) in [7, 11) is 3.36. The second-order valence-electron chi connectivity index (χ2n) is 6.32. The maximum atomic E-state index is 12.8. The number of aromatic nitrogens is 2. The third-order valence-corrected chi connectivity index (χ3v) is 5.26. The number of carbonyl (C=O) groups excluding carboxylic acids is 1. The number of hydrogen-bond acceptors (Lipinski definition) is 3.